The summed E-state index contributed by atoms with van der Waals surface area (Å²) in [7, 11) is 0. The van der Waals surface area contributed by atoms with Gasteiger partial charge in [-0.15, -0.1) is 0 Å². The molecule has 6 heteroatoms. The summed E-state index contributed by atoms with van der Waals surface area (Å²) < 4.78 is 5.13. The highest BCUT2D eigenvalue weighted by Gasteiger charge is 2.08. The largest absolute Gasteiger partial charge is 0.382 e. The van der Waals surface area contributed by atoms with Crippen LogP contribution in [0.25, 0.3) is 0 Å². The number of nitrogens with zero attached hydrogens (tertiary/aromatic N) is 1. The van der Waals surface area contributed by atoms with E-state index in [1.54, 1.807) is 0 Å². The van der Waals surface area contributed by atoms with Crippen molar-refractivity contribution in [2.24, 2.45) is 0 Å². The van der Waals surface area contributed by atoms with E-state index in [0.29, 0.717) is 36.1 Å². The summed E-state index contributed by atoms with van der Waals surface area (Å²) in [5.41, 5.74) is 0. The Bertz CT molecular complexity index is 390. The molecule has 17 heavy (non-hydrogen) atoms. The Morgan fingerprint density at radius 3 is 2.88 bits per heavy atom. The van der Waals surface area contributed by atoms with Gasteiger partial charge in [0.1, 0.15) is 0 Å². The van der Waals surface area contributed by atoms with Gasteiger partial charge >= 0.3 is 0 Å². The minimum Gasteiger partial charge on any atom is -0.382 e. The van der Waals surface area contributed by atoms with Crippen LogP contribution in [0.2, 0.25) is 0 Å². The molecule has 0 aliphatic heterocycles. The van der Waals surface area contributed by atoms with Gasteiger partial charge < -0.3 is 10.1 Å². The first kappa shape index (κ1) is 13.8. The van der Waals surface area contributed by atoms with Crippen molar-refractivity contribution in [3.8, 4) is 0 Å². The van der Waals surface area contributed by atoms with Gasteiger partial charge in [0, 0.05) is 26.6 Å². The van der Waals surface area contributed by atoms with Gasteiger partial charge in [-0.1, -0.05) is 11.3 Å². The SMILES string of the molecule is CCOCCCC(=O)Nc1ncc(C(C)=O)s1. The molecule has 94 valence electrons. The molecule has 5 nitrogen and oxygen atoms in total. The number of carbonyl (C=O) groups excluding carboxylic acids is 2. The highest BCUT2D eigenvalue weighted by atomic mass is 32.1. The molecular formula is C11H16N2O3S. The molecule has 0 bridgehead atoms. The Hall–Kier alpha value is -1.27. The number of anilines is 1. The fourth-order valence-corrected chi connectivity index (χ4v) is 1.88. The number of thiazole rings is 1. The van der Waals surface area contributed by atoms with Crippen LogP contribution in [0.4, 0.5) is 5.13 Å². The van der Waals surface area contributed by atoms with Gasteiger partial charge in [-0.25, -0.2) is 4.98 Å². The van der Waals surface area contributed by atoms with E-state index >= 15 is 0 Å². The molecule has 1 heterocycles. The van der Waals surface area contributed by atoms with E-state index in [-0.39, 0.29) is 11.7 Å². The van der Waals surface area contributed by atoms with E-state index in [9.17, 15) is 9.59 Å². The third-order valence-electron chi connectivity index (χ3n) is 2.00. The van der Waals surface area contributed by atoms with Gasteiger partial charge in [-0.3, -0.25) is 9.59 Å². The number of carbonyl (C=O) groups is 2. The van der Waals surface area contributed by atoms with Gasteiger partial charge in [0.15, 0.2) is 10.9 Å². The van der Waals surface area contributed by atoms with E-state index in [1.165, 1.54) is 24.5 Å². The monoisotopic (exact) mass is 256 g/mol. The van der Waals surface area contributed by atoms with Crippen LogP contribution in [-0.2, 0) is 9.53 Å². The molecule has 0 radical (unpaired) electrons. The number of Topliss-reactive ketones (excluding diaryl/α,β-unsaturated/α-hetero) is 1. The van der Waals surface area contributed by atoms with Crippen molar-refractivity contribution in [3.63, 3.8) is 0 Å². The van der Waals surface area contributed by atoms with E-state index in [2.05, 4.69) is 10.3 Å². The summed E-state index contributed by atoms with van der Waals surface area (Å²) in [4.78, 5) is 27.0. The lowest BCUT2D eigenvalue weighted by atomic mass is 10.3. The molecule has 0 spiro atoms. The molecule has 0 saturated heterocycles. The van der Waals surface area contributed by atoms with E-state index in [4.69, 9.17) is 4.74 Å². The zero-order valence-corrected chi connectivity index (χ0v) is 10.8. The van der Waals surface area contributed by atoms with E-state index in [0.717, 1.165) is 0 Å². The lowest BCUT2D eigenvalue weighted by Crippen LogP contribution is -2.11. The number of hydrogen-bond acceptors (Lipinski definition) is 5. The van der Waals surface area contributed by atoms with Crippen molar-refractivity contribution in [1.82, 2.24) is 4.98 Å². The summed E-state index contributed by atoms with van der Waals surface area (Å²) in [5.74, 6) is -0.145. The first-order valence-electron chi connectivity index (χ1n) is 5.47. The molecule has 0 unspecified atom stereocenters. The number of aromatic nitrogens is 1. The third kappa shape index (κ3) is 5.06. The Kier molecular flexibility index (Phi) is 5.79. The van der Waals surface area contributed by atoms with Gasteiger partial charge in [0.25, 0.3) is 0 Å². The highest BCUT2D eigenvalue weighted by molar-refractivity contribution is 7.17. The first-order chi connectivity index (χ1) is 8.13. The van der Waals surface area contributed by atoms with Crippen LogP contribution >= 0.6 is 11.3 Å². The summed E-state index contributed by atoms with van der Waals surface area (Å²) in [6.07, 6.45) is 2.56. The van der Waals surface area contributed by atoms with Crippen molar-refractivity contribution in [3.05, 3.63) is 11.1 Å². The van der Waals surface area contributed by atoms with Gasteiger partial charge in [0.05, 0.1) is 11.1 Å². The number of amides is 1. The number of hydrogen-bond donors (Lipinski definition) is 1. The van der Waals surface area contributed by atoms with Crippen LogP contribution in [0, 0.1) is 0 Å². The van der Waals surface area contributed by atoms with Gasteiger partial charge in [-0.2, -0.15) is 0 Å². The topological polar surface area (TPSA) is 68.3 Å². The van der Waals surface area contributed by atoms with E-state index < -0.39 is 0 Å². The summed E-state index contributed by atoms with van der Waals surface area (Å²) >= 11 is 1.19. The Balaban J connectivity index is 2.32. The van der Waals surface area contributed by atoms with E-state index in [1.807, 2.05) is 6.92 Å². The fraction of sp³-hybridized carbons (Fsp3) is 0.545. The minimum absolute atomic E-state index is 0.0423. The van der Waals surface area contributed by atoms with Gasteiger partial charge in [0.2, 0.25) is 5.91 Å². The molecule has 1 N–H and O–H groups in total. The van der Waals surface area contributed by atoms with Crippen LogP contribution in [-0.4, -0.2) is 29.9 Å². The normalized spacial score (nSPS) is 10.2. The summed E-state index contributed by atoms with van der Waals surface area (Å²) in [6, 6.07) is 0. The molecular weight excluding hydrogens is 240 g/mol. The first-order valence-corrected chi connectivity index (χ1v) is 6.29. The number of ether oxygens (including phenoxy) is 1. The molecule has 0 atom stereocenters. The Morgan fingerprint density at radius 2 is 2.29 bits per heavy atom. The molecule has 0 fully saturated rings. The number of ketones is 1. The maximum absolute atomic E-state index is 11.5. The zero-order valence-electron chi connectivity index (χ0n) is 9.99. The molecule has 0 saturated carbocycles. The van der Waals surface area contributed by atoms with Crippen LogP contribution in [0.1, 0.15) is 36.4 Å². The zero-order chi connectivity index (χ0) is 12.7. The minimum atomic E-state index is -0.103. The predicted octanol–water partition coefficient (Wildman–Crippen LogP) is 2.10. The molecule has 1 rings (SSSR count). The van der Waals surface area contributed by atoms with Gasteiger partial charge in [-0.05, 0) is 13.3 Å². The predicted molar refractivity (Wildman–Crippen MR) is 66.5 cm³/mol. The quantitative estimate of drug-likeness (QED) is 0.599. The van der Waals surface area contributed by atoms with Crippen molar-refractivity contribution in [2.75, 3.05) is 18.5 Å². The fourth-order valence-electron chi connectivity index (χ4n) is 1.16. The summed E-state index contributed by atoms with van der Waals surface area (Å²) in [6.45, 7) is 4.64. The molecule has 1 amide bonds. The molecule has 0 aliphatic carbocycles. The second kappa shape index (κ2) is 7.13. The summed E-state index contributed by atoms with van der Waals surface area (Å²) in [5, 5.41) is 3.12. The third-order valence-corrected chi connectivity index (χ3v) is 3.01. The standard InChI is InChI=1S/C11H16N2O3S/c1-3-16-6-4-5-10(15)13-11-12-7-9(17-11)8(2)14/h7H,3-6H2,1-2H3,(H,12,13,15). The lowest BCUT2D eigenvalue weighted by Gasteiger charge is -2.01. The Labute approximate surface area is 104 Å². The van der Waals surface area contributed by atoms with Crippen LogP contribution in [0.3, 0.4) is 0 Å². The average molecular weight is 256 g/mol. The highest BCUT2D eigenvalue weighted by Crippen LogP contribution is 2.18. The van der Waals surface area contributed by atoms with Crippen LogP contribution < -0.4 is 5.32 Å². The van der Waals surface area contributed by atoms with Crippen LogP contribution in [0.5, 0.6) is 0 Å². The smallest absolute Gasteiger partial charge is 0.226 e. The van der Waals surface area contributed by atoms with Crippen molar-refractivity contribution in [2.45, 2.75) is 26.7 Å². The van der Waals surface area contributed by atoms with Crippen molar-refractivity contribution < 1.29 is 14.3 Å². The molecule has 1 aromatic heterocycles. The van der Waals surface area contributed by atoms with Crippen molar-refractivity contribution in [1.29, 1.82) is 0 Å². The number of nitrogens with one attached hydrogen (secondary N) is 1. The van der Waals surface area contributed by atoms with Crippen molar-refractivity contribution >= 4 is 28.2 Å². The Morgan fingerprint density at radius 1 is 1.53 bits per heavy atom. The molecule has 1 aromatic rings. The average Bonchev–Trinajstić information content (AvgIpc) is 2.73. The second-order valence-electron chi connectivity index (χ2n) is 3.43. The maximum atomic E-state index is 11.5. The molecule has 0 aliphatic rings. The second-order valence-corrected chi connectivity index (χ2v) is 4.47. The van der Waals surface area contributed by atoms with Crippen LogP contribution in [0.15, 0.2) is 6.20 Å². The lowest BCUT2D eigenvalue weighted by molar-refractivity contribution is -0.116. The molecule has 0 aromatic carbocycles. The number of rotatable bonds is 7. The maximum Gasteiger partial charge on any atom is 0.226 e.